The van der Waals surface area contributed by atoms with Crippen LogP contribution in [0.4, 0.5) is 10.2 Å². The third-order valence-corrected chi connectivity index (χ3v) is 10.3. The molecule has 3 aliphatic rings. The Morgan fingerprint density at radius 2 is 1.87 bits per heavy atom. The number of aromatic nitrogens is 3. The number of sulfonamides is 1. The van der Waals surface area contributed by atoms with Crippen molar-refractivity contribution in [3.63, 3.8) is 0 Å². The fraction of sp³-hybridized carbons (Fsp3) is 0.462. The number of nitrogens with one attached hydrogen (secondary N) is 1. The molecule has 3 aromatic heterocycles. The first-order valence-electron chi connectivity index (χ1n) is 12.9. The van der Waals surface area contributed by atoms with Crippen LogP contribution in [0.2, 0.25) is 0 Å². The van der Waals surface area contributed by atoms with Gasteiger partial charge >= 0.3 is 0 Å². The van der Waals surface area contributed by atoms with Crippen LogP contribution in [0.15, 0.2) is 30.5 Å². The second-order valence-corrected chi connectivity index (χ2v) is 13.7. The molecule has 0 spiro atoms. The number of ether oxygens (including phenoxy) is 1. The van der Waals surface area contributed by atoms with E-state index < -0.39 is 10.0 Å². The molecule has 38 heavy (non-hydrogen) atoms. The number of likely N-dealkylation sites (tertiary alicyclic amines) is 1. The van der Waals surface area contributed by atoms with Gasteiger partial charge in [-0.05, 0) is 36.1 Å². The fourth-order valence-electron chi connectivity index (χ4n) is 6.14. The average molecular weight is 557 g/mol. The Kier molecular flexibility index (Phi) is 5.93. The molecular weight excluding hydrogens is 527 g/mol. The van der Waals surface area contributed by atoms with E-state index in [1.54, 1.807) is 27.9 Å². The number of benzene rings is 1. The summed E-state index contributed by atoms with van der Waals surface area (Å²) < 4.78 is 47.3. The number of rotatable bonds is 5. The first kappa shape index (κ1) is 24.4. The molecule has 0 bridgehead atoms. The quantitative estimate of drug-likeness (QED) is 0.404. The second kappa shape index (κ2) is 9.23. The van der Waals surface area contributed by atoms with Crippen molar-refractivity contribution < 1.29 is 17.5 Å². The van der Waals surface area contributed by atoms with Gasteiger partial charge in [-0.25, -0.2) is 27.1 Å². The maximum Gasteiger partial charge on any atom is 0.211 e. The molecule has 4 aromatic rings. The largest absolute Gasteiger partial charge is 0.378 e. The van der Waals surface area contributed by atoms with Gasteiger partial charge in [-0.2, -0.15) is 0 Å². The lowest BCUT2D eigenvalue weighted by Crippen LogP contribution is -2.36. The summed E-state index contributed by atoms with van der Waals surface area (Å²) in [6, 6.07) is 7.17. The van der Waals surface area contributed by atoms with Gasteiger partial charge in [0.1, 0.15) is 5.82 Å². The molecule has 200 valence electrons. The van der Waals surface area contributed by atoms with Gasteiger partial charge in [0.15, 0.2) is 11.6 Å². The molecule has 3 fully saturated rings. The molecule has 3 aliphatic heterocycles. The van der Waals surface area contributed by atoms with Gasteiger partial charge in [0.05, 0.1) is 35.2 Å². The third-order valence-electron chi connectivity index (χ3n) is 8.00. The van der Waals surface area contributed by atoms with Crippen molar-refractivity contribution in [2.24, 2.45) is 11.8 Å². The molecule has 12 heteroatoms. The van der Waals surface area contributed by atoms with Gasteiger partial charge in [0.25, 0.3) is 0 Å². The predicted octanol–water partition coefficient (Wildman–Crippen LogP) is 3.14. The highest BCUT2D eigenvalue weighted by Gasteiger charge is 2.42. The molecule has 1 N–H and O–H groups in total. The van der Waals surface area contributed by atoms with E-state index >= 15 is 4.39 Å². The molecule has 0 aliphatic carbocycles. The molecule has 6 heterocycles. The minimum absolute atomic E-state index is 0.341. The van der Waals surface area contributed by atoms with E-state index in [2.05, 4.69) is 20.9 Å². The molecule has 1 aromatic carbocycles. The van der Waals surface area contributed by atoms with Crippen LogP contribution in [-0.2, 0) is 21.3 Å². The van der Waals surface area contributed by atoms with Crippen LogP contribution in [0.3, 0.4) is 0 Å². The summed E-state index contributed by atoms with van der Waals surface area (Å²) in [5, 5.41) is 0.763. The summed E-state index contributed by atoms with van der Waals surface area (Å²) in [7, 11) is -3.13. The van der Waals surface area contributed by atoms with Crippen molar-refractivity contribution >= 4 is 48.3 Å². The molecule has 9 nitrogen and oxygen atoms in total. The normalized spacial score (nSPS) is 23.2. The number of hydrogen-bond donors (Lipinski definition) is 1. The second-order valence-electron chi connectivity index (χ2n) is 10.6. The number of hydrogen-bond acceptors (Lipinski definition) is 8. The van der Waals surface area contributed by atoms with Crippen LogP contribution in [0.1, 0.15) is 4.88 Å². The van der Waals surface area contributed by atoms with E-state index in [1.165, 1.54) is 17.2 Å². The molecule has 2 unspecified atom stereocenters. The van der Waals surface area contributed by atoms with Gasteiger partial charge in [-0.15, -0.1) is 11.3 Å². The number of halogens is 1. The number of thiophene rings is 1. The van der Waals surface area contributed by atoms with Crippen LogP contribution in [0, 0.1) is 17.7 Å². The van der Waals surface area contributed by atoms with Crippen LogP contribution >= 0.6 is 11.3 Å². The number of aromatic amines is 1. The highest BCUT2D eigenvalue weighted by atomic mass is 32.2. The summed E-state index contributed by atoms with van der Waals surface area (Å²) in [4.78, 5) is 18.8. The summed E-state index contributed by atoms with van der Waals surface area (Å²) in [5.41, 5.74) is 2.08. The van der Waals surface area contributed by atoms with Gasteiger partial charge in [-0.3, -0.25) is 4.90 Å². The number of nitrogens with zero attached hydrogens (tertiary/aromatic N) is 5. The minimum atomic E-state index is -3.13. The lowest BCUT2D eigenvalue weighted by Gasteiger charge is -2.28. The predicted molar refractivity (Wildman–Crippen MR) is 146 cm³/mol. The highest BCUT2D eigenvalue weighted by molar-refractivity contribution is 7.88. The van der Waals surface area contributed by atoms with Crippen molar-refractivity contribution in [1.29, 1.82) is 0 Å². The Balaban J connectivity index is 1.23. The smallest absolute Gasteiger partial charge is 0.211 e. The van der Waals surface area contributed by atoms with Crippen LogP contribution in [0.25, 0.3) is 32.5 Å². The van der Waals surface area contributed by atoms with Crippen molar-refractivity contribution in [2.45, 2.75) is 6.54 Å². The summed E-state index contributed by atoms with van der Waals surface area (Å²) >= 11 is 1.70. The SMILES string of the molecule is CS(=O)(=O)N1CC2CN(Cc3cc4nc(-c5c(F)ccc6[nH]ccc56)nc(N5CCOCC5)c4s3)CC2C1. The zero-order valence-electron chi connectivity index (χ0n) is 21.1. The monoisotopic (exact) mass is 556 g/mol. The van der Waals surface area contributed by atoms with Crippen molar-refractivity contribution in [3.05, 3.63) is 41.2 Å². The topological polar surface area (TPSA) is 94.7 Å². The van der Waals surface area contributed by atoms with Crippen LogP contribution in [-0.4, -0.2) is 91.3 Å². The van der Waals surface area contributed by atoms with Crippen molar-refractivity contribution in [1.82, 2.24) is 24.2 Å². The first-order chi connectivity index (χ1) is 18.3. The first-order valence-corrected chi connectivity index (χ1v) is 15.6. The van der Waals surface area contributed by atoms with Gasteiger partial charge in [-0.1, -0.05) is 0 Å². The minimum Gasteiger partial charge on any atom is -0.378 e. The summed E-state index contributed by atoms with van der Waals surface area (Å²) in [6.45, 7) is 6.48. The van der Waals surface area contributed by atoms with E-state index in [-0.39, 0.29) is 5.82 Å². The fourth-order valence-corrected chi connectivity index (χ4v) is 8.22. The van der Waals surface area contributed by atoms with Gasteiger partial charge in [0, 0.05) is 67.8 Å². The molecule has 0 saturated carbocycles. The molecule has 3 saturated heterocycles. The average Bonchev–Trinajstić information content (AvgIpc) is 3.66. The zero-order valence-corrected chi connectivity index (χ0v) is 22.7. The standard InChI is InChI=1S/C26H29FN6O3S2/c1-38(34,35)33-13-16-11-31(12-17(16)14-33)15-18-10-22-24(37-18)26(32-6-8-36-9-7-32)30-25(29-22)23-19-4-5-28-21(19)3-2-20(23)27/h2-5,10,16-17,28H,6-9,11-15H2,1H3. The Labute approximate surface area is 224 Å². The van der Waals surface area contributed by atoms with Crippen LogP contribution < -0.4 is 4.90 Å². The highest BCUT2D eigenvalue weighted by Crippen LogP contribution is 2.39. The summed E-state index contributed by atoms with van der Waals surface area (Å²) in [6.07, 6.45) is 3.10. The van der Waals surface area contributed by atoms with E-state index in [9.17, 15) is 8.42 Å². The maximum atomic E-state index is 15.2. The van der Waals surface area contributed by atoms with E-state index in [1.807, 2.05) is 6.07 Å². The molecule has 2 atom stereocenters. The van der Waals surface area contributed by atoms with E-state index in [0.717, 1.165) is 59.7 Å². The third kappa shape index (κ3) is 4.28. The Morgan fingerprint density at radius 1 is 1.11 bits per heavy atom. The summed E-state index contributed by atoms with van der Waals surface area (Å²) in [5.74, 6) is 1.63. The van der Waals surface area contributed by atoms with Crippen LogP contribution in [0.5, 0.6) is 0 Å². The van der Waals surface area contributed by atoms with Crippen molar-refractivity contribution in [3.8, 4) is 11.4 Å². The maximum absolute atomic E-state index is 15.2. The Morgan fingerprint density at radius 3 is 2.61 bits per heavy atom. The number of fused-ring (bicyclic) bond motifs is 3. The van der Waals surface area contributed by atoms with Gasteiger partial charge < -0.3 is 14.6 Å². The Bertz CT molecular complexity index is 1620. The van der Waals surface area contributed by atoms with Gasteiger partial charge in [0.2, 0.25) is 10.0 Å². The van der Waals surface area contributed by atoms with E-state index in [0.29, 0.717) is 49.5 Å². The molecule has 0 amide bonds. The lowest BCUT2D eigenvalue weighted by atomic mass is 10.0. The molecule has 7 rings (SSSR count). The number of morpholine rings is 1. The lowest BCUT2D eigenvalue weighted by molar-refractivity contribution is 0.122. The van der Waals surface area contributed by atoms with E-state index in [4.69, 9.17) is 14.7 Å². The number of anilines is 1. The van der Waals surface area contributed by atoms with Crippen molar-refractivity contribution in [2.75, 3.05) is 63.6 Å². The molecule has 0 radical (unpaired) electrons. The number of H-pyrrole nitrogens is 1. The Hall–Kier alpha value is -2.64. The molecular formula is C26H29FN6O3S2. The zero-order chi connectivity index (χ0) is 26.0.